The first-order valence-electron chi connectivity index (χ1n) is 8.29. The van der Waals surface area contributed by atoms with E-state index in [1.165, 1.54) is 13.2 Å². The van der Waals surface area contributed by atoms with Crippen molar-refractivity contribution < 1.29 is 23.9 Å². The van der Waals surface area contributed by atoms with Gasteiger partial charge in [0.05, 0.1) is 41.6 Å². The lowest BCUT2D eigenvalue weighted by Crippen LogP contribution is -2.26. The van der Waals surface area contributed by atoms with Crippen molar-refractivity contribution in [1.82, 2.24) is 10.7 Å². The van der Waals surface area contributed by atoms with Gasteiger partial charge >= 0.3 is 0 Å². The molecule has 0 bridgehead atoms. The second-order valence-electron chi connectivity index (χ2n) is 5.92. The first-order valence-corrected chi connectivity index (χ1v) is 8.29. The fourth-order valence-electron chi connectivity index (χ4n) is 2.29. The number of nitrogens with one attached hydrogen (secondary N) is 2. The molecule has 1 heterocycles. The number of amides is 2. The maximum atomic E-state index is 12.0. The van der Waals surface area contributed by atoms with Crippen molar-refractivity contribution in [3.05, 3.63) is 68.1 Å². The van der Waals surface area contributed by atoms with Crippen LogP contribution < -0.4 is 10.7 Å². The summed E-state index contributed by atoms with van der Waals surface area (Å²) in [6.07, 6.45) is 1.01. The summed E-state index contributed by atoms with van der Waals surface area (Å²) in [5, 5.41) is 28.2. The summed E-state index contributed by atoms with van der Waals surface area (Å²) in [4.78, 5) is 44.1. The van der Waals surface area contributed by atoms with Crippen LogP contribution in [-0.2, 0) is 22.6 Å². The molecule has 0 atom stereocenters. The van der Waals surface area contributed by atoms with Crippen molar-refractivity contribution in [2.45, 2.75) is 26.3 Å². The van der Waals surface area contributed by atoms with Crippen LogP contribution in [0, 0.1) is 20.2 Å². The highest BCUT2D eigenvalue weighted by molar-refractivity contribution is 6.00. The van der Waals surface area contributed by atoms with Gasteiger partial charge in [0.1, 0.15) is 5.76 Å². The van der Waals surface area contributed by atoms with Gasteiger partial charge < -0.3 is 9.73 Å². The zero-order chi connectivity index (χ0) is 21.4. The highest BCUT2D eigenvalue weighted by Gasteiger charge is 2.21. The van der Waals surface area contributed by atoms with Crippen LogP contribution in [0.5, 0.6) is 0 Å². The Kier molecular flexibility index (Phi) is 7.12. The number of non-ortho nitro benzene ring substituents is 1. The molecular formula is C17H17N5O7. The second kappa shape index (κ2) is 9.73. The third kappa shape index (κ3) is 6.53. The average Bonchev–Trinajstić information content (AvgIpc) is 3.18. The minimum atomic E-state index is -0.798. The molecule has 12 nitrogen and oxygen atoms in total. The van der Waals surface area contributed by atoms with Gasteiger partial charge in [-0.25, -0.2) is 5.43 Å². The molecule has 1 aromatic carbocycles. The van der Waals surface area contributed by atoms with Gasteiger partial charge in [0.15, 0.2) is 0 Å². The topological polar surface area (TPSA) is 170 Å². The molecule has 0 aliphatic rings. The zero-order valence-electron chi connectivity index (χ0n) is 15.3. The summed E-state index contributed by atoms with van der Waals surface area (Å²) in [5.41, 5.74) is 1.54. The molecular weight excluding hydrogens is 386 g/mol. The number of hydrogen-bond donors (Lipinski definition) is 2. The largest absolute Gasteiger partial charge is 0.467 e. The van der Waals surface area contributed by atoms with Crippen LogP contribution in [0.2, 0.25) is 0 Å². The number of nitro groups is 2. The van der Waals surface area contributed by atoms with E-state index in [4.69, 9.17) is 4.42 Å². The van der Waals surface area contributed by atoms with Gasteiger partial charge in [-0.05, 0) is 25.1 Å². The smallest absolute Gasteiger partial charge is 0.279 e. The van der Waals surface area contributed by atoms with Crippen LogP contribution in [0.3, 0.4) is 0 Å². The Balaban J connectivity index is 1.90. The van der Waals surface area contributed by atoms with Crippen LogP contribution in [0.4, 0.5) is 11.4 Å². The molecule has 12 heteroatoms. The molecule has 29 heavy (non-hydrogen) atoms. The van der Waals surface area contributed by atoms with Crippen LogP contribution in [0.1, 0.15) is 24.7 Å². The predicted octanol–water partition coefficient (Wildman–Crippen LogP) is 1.84. The van der Waals surface area contributed by atoms with Crippen molar-refractivity contribution in [1.29, 1.82) is 0 Å². The van der Waals surface area contributed by atoms with Gasteiger partial charge in [-0.15, -0.1) is 0 Å². The maximum Gasteiger partial charge on any atom is 0.279 e. The molecule has 152 valence electrons. The van der Waals surface area contributed by atoms with E-state index in [1.807, 2.05) is 0 Å². The molecule has 0 saturated heterocycles. The lowest BCUT2D eigenvalue weighted by molar-refractivity contribution is -0.394. The Morgan fingerprint density at radius 2 is 1.90 bits per heavy atom. The van der Waals surface area contributed by atoms with E-state index in [1.54, 1.807) is 12.1 Å². The molecule has 0 unspecified atom stereocenters. The van der Waals surface area contributed by atoms with E-state index < -0.39 is 33.5 Å². The Hall–Kier alpha value is -4.09. The fourth-order valence-corrected chi connectivity index (χ4v) is 2.29. The van der Waals surface area contributed by atoms with Gasteiger partial charge in [-0.3, -0.25) is 29.8 Å². The molecule has 0 saturated carbocycles. The molecule has 0 fully saturated rings. The van der Waals surface area contributed by atoms with E-state index in [0.29, 0.717) is 11.5 Å². The van der Waals surface area contributed by atoms with Crippen LogP contribution >= 0.6 is 0 Å². The molecule has 2 aromatic rings. The van der Waals surface area contributed by atoms with Gasteiger partial charge in [0, 0.05) is 17.3 Å². The van der Waals surface area contributed by atoms with E-state index in [9.17, 15) is 29.8 Å². The Bertz CT molecular complexity index is 953. The number of furan rings is 1. The third-order valence-corrected chi connectivity index (χ3v) is 3.66. The van der Waals surface area contributed by atoms with Crippen molar-refractivity contribution in [3.8, 4) is 0 Å². The van der Waals surface area contributed by atoms with Crippen molar-refractivity contribution >= 4 is 28.9 Å². The number of carbonyl (C=O) groups is 2. The number of rotatable bonds is 9. The molecule has 1 aromatic heterocycles. The summed E-state index contributed by atoms with van der Waals surface area (Å²) in [5.74, 6) is -0.411. The van der Waals surface area contributed by atoms with Crippen LogP contribution in [-0.4, -0.2) is 27.4 Å². The van der Waals surface area contributed by atoms with E-state index >= 15 is 0 Å². The molecule has 0 spiro atoms. The van der Waals surface area contributed by atoms with E-state index in [-0.39, 0.29) is 24.4 Å². The summed E-state index contributed by atoms with van der Waals surface area (Å²) in [6.45, 7) is 1.75. The summed E-state index contributed by atoms with van der Waals surface area (Å²) in [6, 6.07) is 6.42. The Labute approximate surface area is 163 Å². The van der Waals surface area contributed by atoms with Crippen molar-refractivity contribution in [3.63, 3.8) is 0 Å². The predicted molar refractivity (Wildman–Crippen MR) is 99.9 cm³/mol. The molecule has 0 aliphatic heterocycles. The summed E-state index contributed by atoms with van der Waals surface area (Å²) >= 11 is 0. The normalized spacial score (nSPS) is 11.0. The van der Waals surface area contributed by atoms with Gasteiger partial charge in [0.25, 0.3) is 11.4 Å². The minimum Gasteiger partial charge on any atom is -0.467 e. The highest BCUT2D eigenvalue weighted by Crippen LogP contribution is 2.24. The summed E-state index contributed by atoms with van der Waals surface area (Å²) < 4.78 is 5.08. The monoisotopic (exact) mass is 403 g/mol. The SMILES string of the molecule is C/C(CC(=O)NCc1ccco1)=N\NC(=O)Cc1ccc([N+](=O)[O-])cc1[N+](=O)[O-]. The number of nitro benzene ring substituents is 2. The average molecular weight is 403 g/mol. The van der Waals surface area contributed by atoms with E-state index in [0.717, 1.165) is 18.2 Å². The zero-order valence-corrected chi connectivity index (χ0v) is 15.3. The standard InChI is InChI=1S/C17H17N5O7/c1-11(7-16(23)18-10-14-3-2-6-29-14)19-20-17(24)8-12-4-5-13(21(25)26)9-15(12)22(27)28/h2-6,9H,7-8,10H2,1H3,(H,18,23)(H,20,24)/b19-11+. The number of carbonyl (C=O) groups excluding carboxylic acids is 2. The molecule has 2 rings (SSSR count). The van der Waals surface area contributed by atoms with Gasteiger partial charge in [-0.2, -0.15) is 5.10 Å². The van der Waals surface area contributed by atoms with Crippen LogP contribution in [0.15, 0.2) is 46.1 Å². The lowest BCUT2D eigenvalue weighted by atomic mass is 10.1. The molecule has 0 aliphatic carbocycles. The molecule has 2 N–H and O–H groups in total. The van der Waals surface area contributed by atoms with Crippen LogP contribution in [0.25, 0.3) is 0 Å². The van der Waals surface area contributed by atoms with Crippen molar-refractivity contribution in [2.24, 2.45) is 5.10 Å². The Morgan fingerprint density at radius 1 is 1.14 bits per heavy atom. The Morgan fingerprint density at radius 3 is 2.52 bits per heavy atom. The highest BCUT2D eigenvalue weighted by atomic mass is 16.6. The first-order chi connectivity index (χ1) is 13.8. The number of nitrogens with zero attached hydrogens (tertiary/aromatic N) is 3. The van der Waals surface area contributed by atoms with E-state index in [2.05, 4.69) is 15.8 Å². The molecule has 2 amide bonds. The lowest BCUT2D eigenvalue weighted by Gasteiger charge is -2.05. The summed E-state index contributed by atoms with van der Waals surface area (Å²) in [7, 11) is 0. The second-order valence-corrected chi connectivity index (χ2v) is 5.92. The number of hydrogen-bond acceptors (Lipinski definition) is 8. The number of hydrazone groups is 1. The number of benzene rings is 1. The third-order valence-electron chi connectivity index (χ3n) is 3.66. The first kappa shape index (κ1) is 21.2. The quantitative estimate of drug-likeness (QED) is 0.365. The minimum absolute atomic E-state index is 0.00199. The molecule has 0 radical (unpaired) electrons. The van der Waals surface area contributed by atoms with Gasteiger partial charge in [0.2, 0.25) is 11.8 Å². The fraction of sp³-hybridized carbons (Fsp3) is 0.235. The van der Waals surface area contributed by atoms with Gasteiger partial charge in [-0.1, -0.05) is 0 Å². The van der Waals surface area contributed by atoms with Crippen molar-refractivity contribution in [2.75, 3.05) is 0 Å². The maximum absolute atomic E-state index is 12.0.